The number of nitrogens with zero attached hydrogens (tertiary/aromatic N) is 1. The quantitative estimate of drug-likeness (QED) is 0.713. The van der Waals surface area contributed by atoms with Gasteiger partial charge in [-0.2, -0.15) is 4.39 Å². The molecule has 0 aliphatic heterocycles. The molecule has 0 unspecified atom stereocenters. The Balaban J connectivity index is 2.96. The van der Waals surface area contributed by atoms with Gasteiger partial charge in [0.25, 0.3) is 5.56 Å². The number of hydrogen-bond donors (Lipinski definition) is 1. The van der Waals surface area contributed by atoms with Crippen LogP contribution in [0.5, 0.6) is 0 Å². The minimum Gasteiger partial charge on any atom is -0.477 e. The number of fused-ring (bicyclic) bond motifs is 1. The van der Waals surface area contributed by atoms with Crippen LogP contribution >= 0.6 is 0 Å². The van der Waals surface area contributed by atoms with Crippen LogP contribution in [-0.4, -0.2) is 15.5 Å². The number of carboxylic acid groups (broad SMARTS) is 1. The number of halogens is 1. The van der Waals surface area contributed by atoms with Crippen LogP contribution in [0.25, 0.3) is 5.52 Å². The number of rotatable bonds is 1. The third-order valence-electron chi connectivity index (χ3n) is 2.06. The second kappa shape index (κ2) is 3.20. The highest BCUT2D eigenvalue weighted by Crippen LogP contribution is 2.04. The van der Waals surface area contributed by atoms with Crippen molar-refractivity contribution >= 4 is 11.5 Å². The summed E-state index contributed by atoms with van der Waals surface area (Å²) in [5.41, 5.74) is -0.985. The van der Waals surface area contributed by atoms with Gasteiger partial charge in [0.2, 0.25) is 5.95 Å². The largest absolute Gasteiger partial charge is 0.477 e. The molecule has 4 nitrogen and oxygen atoms in total. The second-order valence-electron chi connectivity index (χ2n) is 2.97. The van der Waals surface area contributed by atoms with Gasteiger partial charge in [0, 0.05) is 0 Å². The Bertz CT molecular complexity index is 603. The van der Waals surface area contributed by atoms with E-state index >= 15 is 0 Å². The molecule has 2 heterocycles. The summed E-state index contributed by atoms with van der Waals surface area (Å²) in [6.45, 7) is 0. The first-order chi connectivity index (χ1) is 7.11. The van der Waals surface area contributed by atoms with Crippen molar-refractivity contribution in [3.8, 4) is 0 Å². The average molecular weight is 207 g/mol. The van der Waals surface area contributed by atoms with E-state index in [4.69, 9.17) is 5.11 Å². The molecule has 0 aliphatic rings. The summed E-state index contributed by atoms with van der Waals surface area (Å²) in [5.74, 6) is -2.14. The van der Waals surface area contributed by atoms with Crippen molar-refractivity contribution in [3.63, 3.8) is 0 Å². The number of pyridine rings is 2. The fourth-order valence-corrected chi connectivity index (χ4v) is 1.37. The molecule has 2 aromatic heterocycles. The van der Waals surface area contributed by atoms with Gasteiger partial charge in [0.1, 0.15) is 5.56 Å². The lowest BCUT2D eigenvalue weighted by molar-refractivity contribution is 0.0694. The molecule has 2 rings (SSSR count). The van der Waals surface area contributed by atoms with Crippen molar-refractivity contribution in [2.75, 3.05) is 0 Å². The van der Waals surface area contributed by atoms with Crippen LogP contribution in [0.2, 0.25) is 0 Å². The van der Waals surface area contributed by atoms with Crippen LogP contribution in [0.1, 0.15) is 10.4 Å². The first-order valence-corrected chi connectivity index (χ1v) is 4.15. The Labute approximate surface area is 83.2 Å². The summed E-state index contributed by atoms with van der Waals surface area (Å²) in [6.07, 6.45) is 0. The predicted molar refractivity (Wildman–Crippen MR) is 50.6 cm³/mol. The normalized spacial score (nSPS) is 10.5. The summed E-state index contributed by atoms with van der Waals surface area (Å²) < 4.78 is 14.0. The first kappa shape index (κ1) is 9.39. The van der Waals surface area contributed by atoms with Crippen LogP contribution < -0.4 is 5.56 Å². The maximum Gasteiger partial charge on any atom is 0.341 e. The predicted octanol–water partition coefficient (Wildman–Crippen LogP) is 1.14. The molecule has 0 bridgehead atoms. The zero-order valence-electron chi connectivity index (χ0n) is 7.48. The van der Waals surface area contributed by atoms with Crippen LogP contribution in [0.15, 0.2) is 35.1 Å². The Kier molecular flexibility index (Phi) is 2.00. The molecule has 0 atom stereocenters. The van der Waals surface area contributed by atoms with Gasteiger partial charge in [-0.1, -0.05) is 6.07 Å². The third-order valence-corrected chi connectivity index (χ3v) is 2.06. The maximum atomic E-state index is 13.3. The van der Waals surface area contributed by atoms with E-state index in [2.05, 4.69) is 0 Å². The summed E-state index contributed by atoms with van der Waals surface area (Å²) in [7, 11) is 0. The number of aromatic carboxylic acids is 1. The monoisotopic (exact) mass is 207 g/mol. The van der Waals surface area contributed by atoms with E-state index in [1.54, 1.807) is 0 Å². The first-order valence-electron chi connectivity index (χ1n) is 4.15. The number of carbonyl (C=O) groups is 1. The summed E-state index contributed by atoms with van der Waals surface area (Å²) >= 11 is 0. The zero-order valence-corrected chi connectivity index (χ0v) is 7.48. The molecular weight excluding hydrogens is 201 g/mol. The molecular formula is C10H6FNO3. The smallest absolute Gasteiger partial charge is 0.341 e. The maximum absolute atomic E-state index is 13.3. The zero-order chi connectivity index (χ0) is 11.0. The fourth-order valence-electron chi connectivity index (χ4n) is 1.37. The van der Waals surface area contributed by atoms with Crippen molar-refractivity contribution in [1.29, 1.82) is 0 Å². The Morgan fingerprint density at radius 1 is 1.27 bits per heavy atom. The number of carboxylic acids is 1. The highest BCUT2D eigenvalue weighted by Gasteiger charge is 2.11. The molecule has 0 saturated heterocycles. The third kappa shape index (κ3) is 1.38. The molecule has 1 N–H and O–H groups in total. The SMILES string of the molecule is O=C(O)c1ccc2cccc(F)n2c1=O. The van der Waals surface area contributed by atoms with E-state index in [0.29, 0.717) is 5.52 Å². The van der Waals surface area contributed by atoms with E-state index < -0.39 is 23.0 Å². The van der Waals surface area contributed by atoms with Crippen molar-refractivity contribution in [3.05, 3.63) is 52.2 Å². The van der Waals surface area contributed by atoms with Gasteiger partial charge in [-0.3, -0.25) is 9.20 Å². The van der Waals surface area contributed by atoms with Crippen molar-refractivity contribution in [2.45, 2.75) is 0 Å². The number of aromatic nitrogens is 1. The summed E-state index contributed by atoms with van der Waals surface area (Å²) in [4.78, 5) is 22.2. The second-order valence-corrected chi connectivity index (χ2v) is 2.97. The molecule has 15 heavy (non-hydrogen) atoms. The summed E-state index contributed by atoms with van der Waals surface area (Å²) in [6, 6.07) is 6.62. The lowest BCUT2D eigenvalue weighted by Gasteiger charge is -2.02. The molecule has 76 valence electrons. The van der Waals surface area contributed by atoms with Gasteiger partial charge in [0.15, 0.2) is 0 Å². The Morgan fingerprint density at radius 3 is 2.67 bits per heavy atom. The van der Waals surface area contributed by atoms with Crippen molar-refractivity contribution in [2.24, 2.45) is 0 Å². The molecule has 0 saturated carbocycles. The average Bonchev–Trinajstić information content (AvgIpc) is 2.17. The van der Waals surface area contributed by atoms with Gasteiger partial charge in [0.05, 0.1) is 5.52 Å². The summed E-state index contributed by atoms with van der Waals surface area (Å²) in [5, 5.41) is 8.68. The molecule has 0 amide bonds. The van der Waals surface area contributed by atoms with E-state index in [1.807, 2.05) is 0 Å². The molecule has 2 aromatic rings. The lowest BCUT2D eigenvalue weighted by Crippen LogP contribution is -2.23. The minimum atomic E-state index is -1.36. The van der Waals surface area contributed by atoms with Crippen LogP contribution in [0.4, 0.5) is 4.39 Å². The van der Waals surface area contributed by atoms with Crippen LogP contribution in [-0.2, 0) is 0 Å². The van der Waals surface area contributed by atoms with Gasteiger partial charge in [-0.15, -0.1) is 0 Å². The van der Waals surface area contributed by atoms with E-state index in [-0.39, 0.29) is 0 Å². The Hall–Kier alpha value is -2.17. The lowest BCUT2D eigenvalue weighted by atomic mass is 10.2. The minimum absolute atomic E-state index is 0.324. The topological polar surface area (TPSA) is 58.8 Å². The fraction of sp³-hybridized carbons (Fsp3) is 0. The molecule has 0 aliphatic carbocycles. The van der Waals surface area contributed by atoms with Gasteiger partial charge in [-0.25, -0.2) is 4.79 Å². The van der Waals surface area contributed by atoms with Gasteiger partial charge in [-0.05, 0) is 24.3 Å². The highest BCUT2D eigenvalue weighted by molar-refractivity contribution is 5.87. The van der Waals surface area contributed by atoms with E-state index in [9.17, 15) is 14.0 Å². The molecule has 0 fully saturated rings. The van der Waals surface area contributed by atoms with Crippen LogP contribution in [0.3, 0.4) is 0 Å². The van der Waals surface area contributed by atoms with Crippen molar-refractivity contribution < 1.29 is 14.3 Å². The molecule has 0 aromatic carbocycles. The van der Waals surface area contributed by atoms with Gasteiger partial charge < -0.3 is 5.11 Å². The van der Waals surface area contributed by atoms with Gasteiger partial charge >= 0.3 is 5.97 Å². The van der Waals surface area contributed by atoms with Crippen molar-refractivity contribution in [1.82, 2.24) is 4.40 Å². The van der Waals surface area contributed by atoms with E-state index in [1.165, 1.54) is 24.3 Å². The molecule has 5 heteroatoms. The number of hydrogen-bond acceptors (Lipinski definition) is 2. The van der Waals surface area contributed by atoms with Crippen LogP contribution in [0, 0.1) is 5.95 Å². The molecule has 0 radical (unpaired) electrons. The Morgan fingerprint density at radius 2 is 2.00 bits per heavy atom. The van der Waals surface area contributed by atoms with E-state index in [0.717, 1.165) is 10.5 Å². The molecule has 0 spiro atoms. The highest BCUT2D eigenvalue weighted by atomic mass is 19.1. The standard InChI is InChI=1S/C10H6FNO3/c11-8-3-1-2-6-4-5-7(10(14)15)9(13)12(6)8/h1-5H,(H,14,15).